The number of Topliss-reactive ketones (excluding diaryl/α,β-unsaturated/α-hetero) is 1. The zero-order valence-corrected chi connectivity index (χ0v) is 52.0. The van der Waals surface area contributed by atoms with E-state index in [0.717, 1.165) is 42.8 Å². The van der Waals surface area contributed by atoms with E-state index in [9.17, 15) is 62.6 Å². The highest BCUT2D eigenvalue weighted by atomic mass is 16.5. The van der Waals surface area contributed by atoms with Crippen LogP contribution in [-0.4, -0.2) is 224 Å². The monoisotopic (exact) mass is 1280 g/mol. The summed E-state index contributed by atoms with van der Waals surface area (Å²) in [7, 11) is 0. The summed E-state index contributed by atoms with van der Waals surface area (Å²) in [6.45, 7) is -0.460. The number of aromatic amines is 2. The molecule has 0 aliphatic rings. The smallest absolute Gasteiger partial charge is 0.317 e. The summed E-state index contributed by atoms with van der Waals surface area (Å²) in [5.74, 6) is -9.52. The number of aliphatic hydroxyl groups is 1. The molecule has 0 saturated heterocycles. The lowest BCUT2D eigenvalue weighted by Gasteiger charge is -2.27. The number of aliphatic carboxylic acids is 2. The quantitative estimate of drug-likeness (QED) is 0.0327. The van der Waals surface area contributed by atoms with E-state index < -0.39 is 142 Å². The van der Waals surface area contributed by atoms with Gasteiger partial charge in [0.05, 0.1) is 65.0 Å². The first-order valence-corrected chi connectivity index (χ1v) is 30.9. The molecule has 33 nitrogen and oxygen atoms in total. The van der Waals surface area contributed by atoms with E-state index in [4.69, 9.17) is 25.4 Å². The molecular weight excluding hydrogens is 1180 g/mol. The lowest BCUT2D eigenvalue weighted by Crippen LogP contribution is -2.60. The lowest BCUT2D eigenvalue weighted by atomic mass is 10.0. The summed E-state index contributed by atoms with van der Waals surface area (Å²) in [6, 6.07) is -7.20. The van der Waals surface area contributed by atoms with Gasteiger partial charge in [0.25, 0.3) is 0 Å². The summed E-state index contributed by atoms with van der Waals surface area (Å²) < 4.78 is 10.8. The molecule has 0 aromatic carbocycles. The number of aliphatic hydroxyl groups excluding tert-OH is 1. The van der Waals surface area contributed by atoms with Crippen molar-refractivity contribution in [3.8, 4) is 0 Å². The summed E-state index contributed by atoms with van der Waals surface area (Å²) in [5.41, 5.74) is 5.69. The number of nitrogens with one attached hydrogen (secondary N) is 10. The molecule has 0 aliphatic heterocycles. The van der Waals surface area contributed by atoms with Crippen LogP contribution in [0.3, 0.4) is 0 Å². The number of nitrogens with zero attached hydrogens (tertiary/aromatic N) is 5. The molecular formula is C57H96N16O17. The molecule has 90 heavy (non-hydrogen) atoms. The van der Waals surface area contributed by atoms with Crippen LogP contribution in [-0.2, 0) is 79.8 Å². The zero-order valence-electron chi connectivity index (χ0n) is 52.0. The summed E-state index contributed by atoms with van der Waals surface area (Å²) in [6.07, 6.45) is 19.2. The van der Waals surface area contributed by atoms with E-state index in [1.165, 1.54) is 77.2 Å². The van der Waals surface area contributed by atoms with Crippen molar-refractivity contribution in [3.63, 3.8) is 0 Å². The van der Waals surface area contributed by atoms with Gasteiger partial charge in [0.15, 0.2) is 11.6 Å². The molecule has 15 N–H and O–H groups in total. The number of rotatable bonds is 55. The molecule has 0 bridgehead atoms. The number of hydrogen-bond donors (Lipinski definition) is 14. The normalized spacial score (nSPS) is 12.8. The van der Waals surface area contributed by atoms with E-state index in [1.54, 1.807) is 0 Å². The van der Waals surface area contributed by atoms with Crippen molar-refractivity contribution >= 4 is 70.9 Å². The maximum absolute atomic E-state index is 14.2. The molecule has 33 heteroatoms. The zero-order chi connectivity index (χ0) is 66.3. The van der Waals surface area contributed by atoms with Crippen molar-refractivity contribution in [1.82, 2.24) is 78.0 Å². The van der Waals surface area contributed by atoms with Gasteiger partial charge in [0, 0.05) is 50.7 Å². The molecule has 0 saturated carbocycles. The van der Waals surface area contributed by atoms with Crippen LogP contribution in [0.2, 0.25) is 0 Å². The Morgan fingerprint density at radius 1 is 0.578 bits per heavy atom. The number of carbonyl (C=O) groups is 12. The van der Waals surface area contributed by atoms with E-state index in [-0.39, 0.29) is 63.7 Å². The van der Waals surface area contributed by atoms with Crippen molar-refractivity contribution in [3.05, 3.63) is 24.0 Å². The molecule has 0 spiro atoms. The summed E-state index contributed by atoms with van der Waals surface area (Å²) in [5, 5.41) is 62.3. The number of hydrogen-bond acceptors (Lipinski definition) is 20. The van der Waals surface area contributed by atoms with Crippen LogP contribution in [0.1, 0.15) is 160 Å². The number of unbranched alkanes of at least 4 members (excludes halogenated alkanes) is 13. The standard InChI is InChI=1S/C57H96N16O17/c1-3-4-19-41(39(2)75)65-54(85)42(20-18-25-60-50(79)33-73(34-52(81)82)35-53(83)84)66-56(87)44(30-40-31-59-38-63-40)68-55(86)43(23-24-46(58)76)67-57(88)45(36-74)64-49(78)32-62-51(80)37-90-29-28-89-27-26-61-48(77)22-17-15-13-11-9-7-5-6-8-10-12-14-16-21-47-69-71-72-70-47/h31,38,41-45,74H,3-30,32-37H2,1-2H3,(H2,58,76)(H,59,63)(H,60,79)(H,61,77)(H,62,80)(H,64,78)(H,65,85)(H,66,87)(H,67,88)(H,68,86)(H,81,82)(H,83,84)(H,69,70,71,72)/t41-,42-,43-,44-,45-/m0/s1. The number of H-pyrrole nitrogens is 2. The average Bonchev–Trinajstić information content (AvgIpc) is 2.07. The highest BCUT2D eigenvalue weighted by Gasteiger charge is 2.33. The Labute approximate surface area is 523 Å². The molecule has 2 heterocycles. The third-order valence-corrected chi connectivity index (χ3v) is 13.9. The second-order valence-electron chi connectivity index (χ2n) is 21.7. The SMILES string of the molecule is CCCC[C@H](NC(=O)[C@H](CCCNC(=O)CN(CC(=O)O)CC(=O)O)NC(=O)[C@H](Cc1cnc[nH]1)NC(=O)[C@H](CCC(N)=O)NC(=O)[C@H](CO)NC(=O)CNC(=O)COCCOCCNC(=O)CCCCCCCCCCCCCCCc1nn[nH]n1)C(C)=O. The fourth-order valence-corrected chi connectivity index (χ4v) is 9.07. The van der Waals surface area contributed by atoms with E-state index in [0.29, 0.717) is 31.5 Å². The van der Waals surface area contributed by atoms with Gasteiger partial charge in [-0.25, -0.2) is 4.98 Å². The van der Waals surface area contributed by atoms with Gasteiger partial charge in [-0.05, 0) is 45.4 Å². The first-order valence-electron chi connectivity index (χ1n) is 30.9. The first kappa shape index (κ1) is 78.1. The van der Waals surface area contributed by atoms with Gasteiger partial charge >= 0.3 is 11.9 Å². The van der Waals surface area contributed by atoms with E-state index in [1.807, 2.05) is 6.92 Å². The largest absolute Gasteiger partial charge is 0.480 e. The number of amides is 9. The lowest BCUT2D eigenvalue weighted by molar-refractivity contribution is -0.142. The average molecular weight is 1280 g/mol. The molecule has 2 rings (SSSR count). The molecule has 2 aromatic rings. The minimum atomic E-state index is -1.70. The topological polar surface area (TPSA) is 493 Å². The minimum absolute atomic E-state index is 0.00114. The molecule has 506 valence electrons. The highest BCUT2D eigenvalue weighted by molar-refractivity contribution is 5.97. The maximum atomic E-state index is 14.2. The van der Waals surface area contributed by atoms with E-state index in [2.05, 4.69) is 73.1 Å². The van der Waals surface area contributed by atoms with Crippen LogP contribution < -0.4 is 48.3 Å². The van der Waals surface area contributed by atoms with Crippen molar-refractivity contribution in [2.75, 3.05) is 72.3 Å². The number of imidazole rings is 1. The number of nitrogens with two attached hydrogens (primary N) is 1. The van der Waals surface area contributed by atoms with Crippen LogP contribution in [0.5, 0.6) is 0 Å². The number of aryl methyl sites for hydroxylation is 1. The number of primary amides is 1. The predicted molar refractivity (Wildman–Crippen MR) is 322 cm³/mol. The Balaban J connectivity index is 1.84. The fourth-order valence-electron chi connectivity index (χ4n) is 9.07. The molecule has 2 aromatic heterocycles. The molecule has 9 amide bonds. The Kier molecular flexibility index (Phi) is 41.5. The van der Waals surface area contributed by atoms with Gasteiger partial charge < -0.3 is 78.0 Å². The Morgan fingerprint density at radius 3 is 1.70 bits per heavy atom. The van der Waals surface area contributed by atoms with Crippen molar-refractivity contribution in [2.24, 2.45) is 5.73 Å². The van der Waals surface area contributed by atoms with Crippen LogP contribution in [0.4, 0.5) is 0 Å². The Hall–Kier alpha value is -8.04. The summed E-state index contributed by atoms with van der Waals surface area (Å²) in [4.78, 5) is 160. The van der Waals surface area contributed by atoms with Gasteiger partial charge in [-0.2, -0.15) is 5.21 Å². The van der Waals surface area contributed by atoms with Crippen molar-refractivity contribution < 1.29 is 82.3 Å². The van der Waals surface area contributed by atoms with Crippen LogP contribution in [0.25, 0.3) is 0 Å². The predicted octanol–water partition coefficient (Wildman–Crippen LogP) is -1.74. The summed E-state index contributed by atoms with van der Waals surface area (Å²) >= 11 is 0. The molecule has 0 unspecified atom stereocenters. The van der Waals surface area contributed by atoms with Gasteiger partial charge in [0.2, 0.25) is 53.2 Å². The number of carboxylic acids is 2. The van der Waals surface area contributed by atoms with E-state index >= 15 is 0 Å². The number of carboxylic acid groups (broad SMARTS) is 2. The van der Waals surface area contributed by atoms with Crippen LogP contribution in [0, 0.1) is 0 Å². The number of carbonyl (C=O) groups excluding carboxylic acids is 10. The number of ether oxygens (including phenoxy) is 2. The Morgan fingerprint density at radius 2 is 1.13 bits per heavy atom. The van der Waals surface area contributed by atoms with Crippen molar-refractivity contribution in [2.45, 2.75) is 192 Å². The van der Waals surface area contributed by atoms with Crippen LogP contribution in [0.15, 0.2) is 12.5 Å². The molecule has 5 atom stereocenters. The van der Waals surface area contributed by atoms with Crippen molar-refractivity contribution in [1.29, 1.82) is 0 Å². The molecule has 0 radical (unpaired) electrons. The number of aromatic nitrogens is 6. The highest BCUT2D eigenvalue weighted by Crippen LogP contribution is 2.14. The van der Waals surface area contributed by atoms with Crippen LogP contribution >= 0.6 is 0 Å². The second-order valence-corrected chi connectivity index (χ2v) is 21.7. The van der Waals surface area contributed by atoms with Gasteiger partial charge in [0.1, 0.15) is 30.8 Å². The minimum Gasteiger partial charge on any atom is -0.480 e. The number of ketones is 1. The molecule has 0 aliphatic carbocycles. The van der Waals surface area contributed by atoms with Gasteiger partial charge in [-0.1, -0.05) is 95.6 Å². The third kappa shape index (κ3) is 38.4. The molecule has 0 fully saturated rings. The van der Waals surface area contributed by atoms with Gasteiger partial charge in [-0.3, -0.25) is 62.4 Å². The number of tetrazole rings is 1. The third-order valence-electron chi connectivity index (χ3n) is 13.9. The maximum Gasteiger partial charge on any atom is 0.317 e. The first-order chi connectivity index (χ1) is 43.2. The van der Waals surface area contributed by atoms with Gasteiger partial charge in [-0.15, -0.1) is 10.2 Å². The fraction of sp³-hybridized carbons (Fsp3) is 0.719. The second kappa shape index (κ2) is 47.9. The Bertz CT molecular complexity index is 2460.